The molecule has 1 fully saturated rings. The summed E-state index contributed by atoms with van der Waals surface area (Å²) in [5.74, 6) is 0. The summed E-state index contributed by atoms with van der Waals surface area (Å²) in [6.45, 7) is 2.81. The van der Waals surface area contributed by atoms with Gasteiger partial charge in [-0.3, -0.25) is 4.90 Å². The molecule has 11 nitrogen and oxygen atoms in total. The largest absolute Gasteiger partial charge is 0.390 e. The topological polar surface area (TPSA) is 159 Å². The average molecular weight is 371 g/mol. The van der Waals surface area contributed by atoms with E-state index >= 15 is 0 Å². The SMILES string of the molecule is NS(=O)(=O)NCC[C@@H](O)[C@@H](O)Cn1cnc2c(CN3CC3)ncnc21. The fourth-order valence-electron chi connectivity index (χ4n) is 2.48. The van der Waals surface area contributed by atoms with Gasteiger partial charge in [0.1, 0.15) is 11.8 Å². The van der Waals surface area contributed by atoms with E-state index in [1.165, 1.54) is 6.33 Å². The minimum Gasteiger partial charge on any atom is -0.390 e. The Bertz CT molecular complexity index is 836. The maximum atomic E-state index is 10.8. The molecule has 25 heavy (non-hydrogen) atoms. The summed E-state index contributed by atoms with van der Waals surface area (Å²) < 4.78 is 25.3. The van der Waals surface area contributed by atoms with E-state index in [4.69, 9.17) is 5.14 Å². The molecule has 1 aliphatic rings. The highest BCUT2D eigenvalue weighted by Gasteiger charge is 2.22. The molecule has 1 saturated heterocycles. The lowest BCUT2D eigenvalue weighted by molar-refractivity contribution is 0.00639. The highest BCUT2D eigenvalue weighted by Crippen LogP contribution is 2.18. The van der Waals surface area contributed by atoms with Crippen LogP contribution in [0.5, 0.6) is 0 Å². The van der Waals surface area contributed by atoms with Crippen LogP contribution in [0.4, 0.5) is 0 Å². The van der Waals surface area contributed by atoms with E-state index in [0.29, 0.717) is 17.7 Å². The van der Waals surface area contributed by atoms with Gasteiger partial charge in [0.05, 0.1) is 30.8 Å². The van der Waals surface area contributed by atoms with Crippen LogP contribution < -0.4 is 9.86 Å². The van der Waals surface area contributed by atoms with Crippen LogP contribution in [0.3, 0.4) is 0 Å². The lowest BCUT2D eigenvalue weighted by atomic mass is 10.1. The Morgan fingerprint density at radius 1 is 1.24 bits per heavy atom. The van der Waals surface area contributed by atoms with Crippen molar-refractivity contribution in [3.8, 4) is 0 Å². The number of nitrogens with zero attached hydrogens (tertiary/aromatic N) is 5. The number of hydrogen-bond donors (Lipinski definition) is 4. The molecule has 138 valence electrons. The first-order valence-corrected chi connectivity index (χ1v) is 9.38. The van der Waals surface area contributed by atoms with Crippen molar-refractivity contribution >= 4 is 21.4 Å². The Morgan fingerprint density at radius 3 is 2.68 bits per heavy atom. The third kappa shape index (κ3) is 4.90. The van der Waals surface area contributed by atoms with Crippen LogP contribution in [-0.2, 0) is 23.3 Å². The number of aliphatic hydroxyl groups is 2. The van der Waals surface area contributed by atoms with Crippen molar-refractivity contribution in [2.45, 2.75) is 31.7 Å². The molecule has 0 aromatic carbocycles. The fraction of sp³-hybridized carbons (Fsp3) is 0.615. The summed E-state index contributed by atoms with van der Waals surface area (Å²) in [7, 11) is -3.81. The van der Waals surface area contributed by atoms with Gasteiger partial charge in [-0.1, -0.05) is 0 Å². The number of imidazole rings is 1. The third-order valence-corrected chi connectivity index (χ3v) is 4.57. The molecule has 0 unspecified atom stereocenters. The molecule has 0 radical (unpaired) electrons. The molecular formula is C13H21N7O4S. The number of aliphatic hydroxyl groups excluding tert-OH is 2. The van der Waals surface area contributed by atoms with Crippen molar-refractivity contribution < 1.29 is 18.6 Å². The van der Waals surface area contributed by atoms with E-state index in [1.807, 2.05) is 0 Å². The van der Waals surface area contributed by atoms with Gasteiger partial charge in [0, 0.05) is 26.2 Å². The van der Waals surface area contributed by atoms with E-state index in [2.05, 4.69) is 24.6 Å². The lowest BCUT2D eigenvalue weighted by Gasteiger charge is -2.18. The Kier molecular flexibility index (Phi) is 5.27. The van der Waals surface area contributed by atoms with Crippen LogP contribution >= 0.6 is 0 Å². The second-order valence-corrected chi connectivity index (χ2v) is 7.41. The maximum absolute atomic E-state index is 10.8. The second-order valence-electron chi connectivity index (χ2n) is 6.03. The van der Waals surface area contributed by atoms with Crippen LogP contribution in [0, 0.1) is 0 Å². The summed E-state index contributed by atoms with van der Waals surface area (Å²) in [4.78, 5) is 15.0. The van der Waals surface area contributed by atoms with Crippen LogP contribution in [0.1, 0.15) is 12.1 Å². The first-order valence-electron chi connectivity index (χ1n) is 7.84. The van der Waals surface area contributed by atoms with E-state index in [1.54, 1.807) is 10.9 Å². The predicted octanol–water partition coefficient (Wildman–Crippen LogP) is -2.45. The zero-order chi connectivity index (χ0) is 18.0. The number of nitrogens with two attached hydrogens (primary N) is 1. The molecule has 12 heteroatoms. The van der Waals surface area contributed by atoms with E-state index < -0.39 is 22.4 Å². The van der Waals surface area contributed by atoms with Crippen molar-refractivity contribution in [2.75, 3.05) is 19.6 Å². The van der Waals surface area contributed by atoms with Crippen molar-refractivity contribution in [1.82, 2.24) is 29.1 Å². The Labute approximate surface area is 144 Å². The van der Waals surface area contributed by atoms with Crippen molar-refractivity contribution in [1.29, 1.82) is 0 Å². The molecule has 3 rings (SSSR count). The average Bonchev–Trinajstić information content (AvgIpc) is 3.26. The van der Waals surface area contributed by atoms with Crippen LogP contribution in [0.2, 0.25) is 0 Å². The zero-order valence-corrected chi connectivity index (χ0v) is 14.3. The molecule has 0 aliphatic carbocycles. The predicted molar refractivity (Wildman–Crippen MR) is 88.3 cm³/mol. The monoisotopic (exact) mass is 371 g/mol. The van der Waals surface area contributed by atoms with Gasteiger partial charge in [-0.15, -0.1) is 0 Å². The van der Waals surface area contributed by atoms with Gasteiger partial charge in [0.2, 0.25) is 0 Å². The molecule has 0 bridgehead atoms. The Hall–Kier alpha value is -1.70. The number of hydrogen-bond acceptors (Lipinski definition) is 8. The third-order valence-electron chi connectivity index (χ3n) is 3.96. The summed E-state index contributed by atoms with van der Waals surface area (Å²) in [5, 5.41) is 24.9. The van der Waals surface area contributed by atoms with Crippen LogP contribution in [0.15, 0.2) is 12.7 Å². The van der Waals surface area contributed by atoms with Gasteiger partial charge < -0.3 is 14.8 Å². The first kappa shape index (κ1) is 18.1. The highest BCUT2D eigenvalue weighted by atomic mass is 32.2. The number of aromatic nitrogens is 4. The highest BCUT2D eigenvalue weighted by molar-refractivity contribution is 7.87. The summed E-state index contributed by atoms with van der Waals surface area (Å²) in [5.41, 5.74) is 2.08. The molecule has 1 aliphatic heterocycles. The maximum Gasteiger partial charge on any atom is 0.274 e. The van der Waals surface area contributed by atoms with Crippen molar-refractivity contribution in [3.05, 3.63) is 18.3 Å². The molecule has 0 saturated carbocycles. The van der Waals surface area contributed by atoms with Crippen LogP contribution in [0.25, 0.3) is 11.2 Å². The summed E-state index contributed by atoms with van der Waals surface area (Å²) in [6.07, 6.45) is 0.803. The van der Waals surface area contributed by atoms with Gasteiger partial charge in [0.25, 0.3) is 10.2 Å². The van der Waals surface area contributed by atoms with Crippen molar-refractivity contribution in [2.24, 2.45) is 5.14 Å². The molecule has 3 heterocycles. The number of nitrogens with one attached hydrogen (secondary N) is 1. The number of rotatable bonds is 9. The van der Waals surface area contributed by atoms with E-state index in [-0.39, 0.29) is 19.5 Å². The quantitative estimate of drug-likeness (QED) is 0.353. The Balaban J connectivity index is 1.63. The summed E-state index contributed by atoms with van der Waals surface area (Å²) >= 11 is 0. The van der Waals surface area contributed by atoms with Crippen molar-refractivity contribution in [3.63, 3.8) is 0 Å². The molecule has 5 N–H and O–H groups in total. The standard InChI is InChI=1S/C13H21N7O4S/c14-25(23,24)18-2-1-10(21)11(22)6-20-8-17-12-9(5-19-3-4-19)15-7-16-13(12)20/h7-8,10-11,18,21-22H,1-6H2,(H2,14,23,24)/t10-,11+/m1/s1. The molecule has 2 aromatic heterocycles. The van der Waals surface area contributed by atoms with Gasteiger partial charge >= 0.3 is 0 Å². The van der Waals surface area contributed by atoms with E-state index in [0.717, 1.165) is 18.8 Å². The summed E-state index contributed by atoms with van der Waals surface area (Å²) in [6, 6.07) is 0. The minimum atomic E-state index is -3.81. The van der Waals surface area contributed by atoms with Gasteiger partial charge in [-0.05, 0) is 6.42 Å². The number of fused-ring (bicyclic) bond motifs is 1. The van der Waals surface area contributed by atoms with Gasteiger partial charge in [0.15, 0.2) is 5.65 Å². The second kappa shape index (κ2) is 7.27. The van der Waals surface area contributed by atoms with Gasteiger partial charge in [-0.25, -0.2) is 24.8 Å². The van der Waals surface area contributed by atoms with E-state index in [9.17, 15) is 18.6 Å². The molecule has 2 aromatic rings. The lowest BCUT2D eigenvalue weighted by Crippen LogP contribution is -2.37. The molecular weight excluding hydrogens is 350 g/mol. The molecule has 2 atom stereocenters. The van der Waals surface area contributed by atoms with Crippen LogP contribution in [-0.4, -0.2) is 74.9 Å². The normalized spacial score (nSPS) is 17.7. The first-order chi connectivity index (χ1) is 11.8. The van der Waals surface area contributed by atoms with Gasteiger partial charge in [-0.2, -0.15) is 8.42 Å². The minimum absolute atomic E-state index is 0.0272. The Morgan fingerprint density at radius 2 is 2.00 bits per heavy atom. The molecule has 0 amide bonds. The fourth-order valence-corrected chi connectivity index (χ4v) is 2.89. The zero-order valence-electron chi connectivity index (χ0n) is 13.5. The molecule has 0 spiro atoms. The smallest absolute Gasteiger partial charge is 0.274 e.